The molecule has 2 N–H and O–H groups in total. The van der Waals surface area contributed by atoms with E-state index in [1.807, 2.05) is 30.3 Å². The van der Waals surface area contributed by atoms with Crippen molar-refractivity contribution in [3.05, 3.63) is 106 Å². The number of hydrogen-bond donors (Lipinski definition) is 2. The van der Waals surface area contributed by atoms with Crippen molar-refractivity contribution < 1.29 is 23.1 Å². The Balaban J connectivity index is 1.50. The number of nitrogens with zero attached hydrogens (tertiary/aromatic N) is 1. The number of hydrogen-bond acceptors (Lipinski definition) is 4. The Morgan fingerprint density at radius 3 is 2.65 bits per heavy atom. The number of carbonyl (C=O) groups is 2. The molecule has 1 amide bonds. The topological polar surface area (TPSA) is 84.1 Å². The summed E-state index contributed by atoms with van der Waals surface area (Å²) in [5.74, 6) is -2.62. The van der Waals surface area contributed by atoms with Gasteiger partial charge in [-0.05, 0) is 41.5 Å². The number of ketones is 1. The summed E-state index contributed by atoms with van der Waals surface area (Å²) in [5.41, 5.74) is 4.65. The number of carbonyl (C=O) groups excluding carboxylic acids is 2. The highest BCUT2D eigenvalue weighted by Crippen LogP contribution is 2.33. The second kappa shape index (κ2) is 8.99. The molecule has 0 unspecified atom stereocenters. The molecule has 0 spiro atoms. The van der Waals surface area contributed by atoms with E-state index in [1.165, 1.54) is 12.3 Å². The molecule has 0 saturated heterocycles. The van der Waals surface area contributed by atoms with Crippen LogP contribution in [0, 0.1) is 11.6 Å². The number of Topliss-reactive ketones (excluding diaryl/α,β-unsaturated/α-hetero) is 1. The van der Waals surface area contributed by atoms with E-state index in [0.29, 0.717) is 29.8 Å². The number of halogens is 2. The predicted octanol–water partition coefficient (Wildman–Crippen LogP) is 4.91. The van der Waals surface area contributed by atoms with Gasteiger partial charge in [-0.25, -0.2) is 13.8 Å². The van der Waals surface area contributed by atoms with Crippen LogP contribution in [-0.2, 0) is 17.8 Å². The molecule has 34 heavy (non-hydrogen) atoms. The van der Waals surface area contributed by atoms with Crippen LogP contribution in [0.1, 0.15) is 37.5 Å². The summed E-state index contributed by atoms with van der Waals surface area (Å²) >= 11 is 0. The number of amides is 1. The van der Waals surface area contributed by atoms with Gasteiger partial charge in [0, 0.05) is 29.3 Å². The lowest BCUT2D eigenvalue weighted by molar-refractivity contribution is 0.0658. The monoisotopic (exact) mass is 459 g/mol. The van der Waals surface area contributed by atoms with Crippen LogP contribution in [0.3, 0.4) is 0 Å². The minimum absolute atomic E-state index is 0.0258. The van der Waals surface area contributed by atoms with Crippen molar-refractivity contribution in [2.75, 3.05) is 11.9 Å². The first kappa shape index (κ1) is 21.7. The number of rotatable bonds is 5. The van der Waals surface area contributed by atoms with Gasteiger partial charge >= 0.3 is 0 Å². The number of benzene rings is 2. The van der Waals surface area contributed by atoms with Crippen molar-refractivity contribution in [1.29, 1.82) is 0 Å². The van der Waals surface area contributed by atoms with Crippen LogP contribution >= 0.6 is 0 Å². The number of fused-ring (bicyclic) bond motifs is 1. The molecule has 2 aromatic heterocycles. The number of H-pyrrole nitrogens is 1. The number of aromatic amines is 1. The molecule has 0 fully saturated rings. The third kappa shape index (κ3) is 4.23. The zero-order valence-corrected chi connectivity index (χ0v) is 17.9. The van der Waals surface area contributed by atoms with E-state index in [-0.39, 0.29) is 23.8 Å². The summed E-state index contributed by atoms with van der Waals surface area (Å²) in [6.07, 6.45) is 2.06. The highest BCUT2D eigenvalue weighted by Gasteiger charge is 2.27. The zero-order valence-electron chi connectivity index (χ0n) is 17.9. The Kier molecular flexibility index (Phi) is 5.73. The van der Waals surface area contributed by atoms with Crippen LogP contribution in [0.15, 0.2) is 66.9 Å². The highest BCUT2D eigenvalue weighted by molar-refractivity contribution is 6.04. The summed E-state index contributed by atoms with van der Waals surface area (Å²) in [4.78, 5) is 32.7. The molecule has 170 valence electrons. The van der Waals surface area contributed by atoms with Crippen LogP contribution in [0.4, 0.5) is 14.6 Å². The molecule has 0 aliphatic carbocycles. The van der Waals surface area contributed by atoms with E-state index >= 15 is 0 Å². The fraction of sp³-hybridized carbons (Fsp3) is 0.115. The Morgan fingerprint density at radius 2 is 1.85 bits per heavy atom. The van der Waals surface area contributed by atoms with Gasteiger partial charge in [0.2, 0.25) is 0 Å². The van der Waals surface area contributed by atoms with Crippen LogP contribution in [0.5, 0.6) is 0 Å². The molecule has 1 aliphatic rings. The molecule has 1 aliphatic heterocycles. The minimum Gasteiger partial charge on any atom is -0.367 e. The highest BCUT2D eigenvalue weighted by atomic mass is 19.2. The van der Waals surface area contributed by atoms with Crippen molar-refractivity contribution in [1.82, 2.24) is 9.97 Å². The van der Waals surface area contributed by atoms with Crippen molar-refractivity contribution >= 4 is 17.5 Å². The minimum atomic E-state index is -1.11. The summed E-state index contributed by atoms with van der Waals surface area (Å²) in [5, 5.41) is 2.61. The van der Waals surface area contributed by atoms with Crippen molar-refractivity contribution in [2.24, 2.45) is 0 Å². The maximum atomic E-state index is 13.5. The molecule has 6 nitrogen and oxygen atoms in total. The second-order valence-corrected chi connectivity index (χ2v) is 7.92. The van der Waals surface area contributed by atoms with Gasteiger partial charge in [0.05, 0.1) is 18.0 Å². The molecule has 8 heteroatoms. The van der Waals surface area contributed by atoms with Crippen LogP contribution in [0.2, 0.25) is 0 Å². The molecular weight excluding hydrogens is 440 g/mol. The van der Waals surface area contributed by atoms with E-state index in [0.717, 1.165) is 29.0 Å². The third-order valence-electron chi connectivity index (χ3n) is 5.64. The SMILES string of the molecule is O=C(Nc1cc(-c2[nH]c3c(c2Cc2ccccc2)C(=O)COC3)ccn1)c1ccc(F)c(F)c1. The van der Waals surface area contributed by atoms with Crippen molar-refractivity contribution in [3.8, 4) is 11.3 Å². The third-order valence-corrected chi connectivity index (χ3v) is 5.64. The van der Waals surface area contributed by atoms with Crippen LogP contribution < -0.4 is 5.32 Å². The lowest BCUT2D eigenvalue weighted by Crippen LogP contribution is -2.18. The summed E-state index contributed by atoms with van der Waals surface area (Å²) in [7, 11) is 0. The molecule has 4 aromatic rings. The summed E-state index contributed by atoms with van der Waals surface area (Å²) in [6, 6.07) is 16.2. The summed E-state index contributed by atoms with van der Waals surface area (Å²) < 4.78 is 32.1. The predicted molar refractivity (Wildman–Crippen MR) is 122 cm³/mol. The lowest BCUT2D eigenvalue weighted by atomic mass is 9.95. The normalized spacial score (nSPS) is 12.9. The number of nitrogens with one attached hydrogen (secondary N) is 2. The van der Waals surface area contributed by atoms with Gasteiger partial charge < -0.3 is 15.0 Å². The van der Waals surface area contributed by atoms with Gasteiger partial charge in [-0.3, -0.25) is 9.59 Å². The van der Waals surface area contributed by atoms with Gasteiger partial charge in [-0.1, -0.05) is 30.3 Å². The fourth-order valence-corrected chi connectivity index (χ4v) is 4.06. The lowest BCUT2D eigenvalue weighted by Gasteiger charge is -2.13. The standard InChI is InChI=1S/C26H19F2N3O3/c27-19-7-6-17(11-20(19)28)26(33)31-23-12-16(8-9-29-23)25-18(10-15-4-2-1-3-5-15)24-21(30-25)13-34-14-22(24)32/h1-9,11-12,30H,10,13-14H2,(H,29,31,33). The van der Waals surface area contributed by atoms with Gasteiger partial charge in [0.25, 0.3) is 5.91 Å². The zero-order chi connectivity index (χ0) is 23.7. The summed E-state index contributed by atoms with van der Waals surface area (Å²) in [6.45, 7) is 0.325. The molecule has 0 atom stereocenters. The Bertz CT molecular complexity index is 1400. The van der Waals surface area contributed by atoms with E-state index in [9.17, 15) is 18.4 Å². The molecule has 0 radical (unpaired) electrons. The van der Waals surface area contributed by atoms with Crippen molar-refractivity contribution in [2.45, 2.75) is 13.0 Å². The first-order chi connectivity index (χ1) is 16.5. The first-order valence-electron chi connectivity index (χ1n) is 10.6. The number of ether oxygens (including phenoxy) is 1. The second-order valence-electron chi connectivity index (χ2n) is 7.92. The van der Waals surface area contributed by atoms with Gasteiger partial charge in [0.1, 0.15) is 12.4 Å². The smallest absolute Gasteiger partial charge is 0.256 e. The Morgan fingerprint density at radius 1 is 1.03 bits per heavy atom. The quantitative estimate of drug-likeness (QED) is 0.444. The van der Waals surface area contributed by atoms with E-state index in [4.69, 9.17) is 4.74 Å². The van der Waals surface area contributed by atoms with Crippen LogP contribution in [-0.4, -0.2) is 28.3 Å². The Hall–Kier alpha value is -4.17. The molecule has 0 saturated carbocycles. The van der Waals surface area contributed by atoms with E-state index < -0.39 is 17.5 Å². The van der Waals surface area contributed by atoms with Gasteiger partial charge in [-0.2, -0.15) is 0 Å². The molecular formula is C26H19F2N3O3. The van der Waals surface area contributed by atoms with Crippen molar-refractivity contribution in [3.63, 3.8) is 0 Å². The maximum absolute atomic E-state index is 13.5. The average Bonchev–Trinajstić information content (AvgIpc) is 3.21. The number of anilines is 1. The maximum Gasteiger partial charge on any atom is 0.256 e. The van der Waals surface area contributed by atoms with E-state index in [1.54, 1.807) is 12.1 Å². The van der Waals surface area contributed by atoms with Gasteiger partial charge in [-0.15, -0.1) is 0 Å². The molecule has 2 aromatic carbocycles. The molecule has 5 rings (SSSR count). The first-order valence-corrected chi connectivity index (χ1v) is 10.6. The molecule has 3 heterocycles. The average molecular weight is 459 g/mol. The fourth-order valence-electron chi connectivity index (χ4n) is 4.06. The molecule has 0 bridgehead atoms. The van der Waals surface area contributed by atoms with Crippen LogP contribution in [0.25, 0.3) is 11.3 Å². The van der Waals surface area contributed by atoms with E-state index in [2.05, 4.69) is 15.3 Å². The number of aromatic nitrogens is 2. The largest absolute Gasteiger partial charge is 0.367 e. The van der Waals surface area contributed by atoms with Gasteiger partial charge in [0.15, 0.2) is 17.4 Å². The number of pyridine rings is 1. The Labute approximate surface area is 193 Å².